The van der Waals surface area contributed by atoms with Gasteiger partial charge >= 0.3 is 6.18 Å². The van der Waals surface area contributed by atoms with Gasteiger partial charge in [0.25, 0.3) is 5.56 Å². The van der Waals surface area contributed by atoms with E-state index >= 15 is 0 Å². The molecule has 2 heterocycles. The quantitative estimate of drug-likeness (QED) is 0.720. The number of pyridine rings is 1. The molecule has 0 unspecified atom stereocenters. The second-order valence-corrected chi connectivity index (χ2v) is 5.34. The molecule has 0 aliphatic rings. The van der Waals surface area contributed by atoms with Crippen LogP contribution >= 0.6 is 11.6 Å². The zero-order chi connectivity index (χ0) is 17.3. The van der Waals surface area contributed by atoms with Gasteiger partial charge in [0, 0.05) is 22.8 Å². The van der Waals surface area contributed by atoms with Crippen LogP contribution in [0.3, 0.4) is 0 Å². The van der Waals surface area contributed by atoms with Gasteiger partial charge in [-0.25, -0.2) is 0 Å². The Bertz CT molecular complexity index is 917. The number of hydrogen-bond acceptors (Lipinski definition) is 4. The largest absolute Gasteiger partial charge is 0.417 e. The molecular weight excluding hydrogens is 347 g/mol. The van der Waals surface area contributed by atoms with E-state index in [2.05, 4.69) is 10.1 Å². The molecule has 0 aliphatic carbocycles. The molecular formula is C15H9ClF3N3O2. The molecule has 124 valence electrons. The van der Waals surface area contributed by atoms with Crippen molar-refractivity contribution in [1.82, 2.24) is 14.7 Å². The Morgan fingerprint density at radius 2 is 1.83 bits per heavy atom. The Kier molecular flexibility index (Phi) is 4.15. The molecule has 9 heteroatoms. The van der Waals surface area contributed by atoms with Crippen molar-refractivity contribution in [3.05, 3.63) is 69.4 Å². The topological polar surface area (TPSA) is 60.9 Å². The third-order valence-corrected chi connectivity index (χ3v) is 3.44. The van der Waals surface area contributed by atoms with Crippen LogP contribution in [0.1, 0.15) is 11.5 Å². The molecule has 0 fully saturated rings. The smallest absolute Gasteiger partial charge is 0.337 e. The molecule has 5 nitrogen and oxygen atoms in total. The fourth-order valence-corrected chi connectivity index (χ4v) is 2.13. The third-order valence-electron chi connectivity index (χ3n) is 3.19. The first-order valence-corrected chi connectivity index (χ1v) is 7.07. The zero-order valence-corrected chi connectivity index (χ0v) is 12.7. The second-order valence-electron chi connectivity index (χ2n) is 4.90. The summed E-state index contributed by atoms with van der Waals surface area (Å²) in [4.78, 5) is 15.8. The molecule has 0 atom stereocenters. The van der Waals surface area contributed by atoms with Gasteiger partial charge in [-0.15, -0.1) is 0 Å². The van der Waals surface area contributed by atoms with Gasteiger partial charge in [-0.2, -0.15) is 18.2 Å². The van der Waals surface area contributed by atoms with Crippen molar-refractivity contribution < 1.29 is 17.7 Å². The summed E-state index contributed by atoms with van der Waals surface area (Å²) < 4.78 is 44.0. The van der Waals surface area contributed by atoms with Crippen LogP contribution in [0.15, 0.2) is 51.9 Å². The van der Waals surface area contributed by atoms with Gasteiger partial charge in [-0.3, -0.25) is 4.79 Å². The molecule has 0 aliphatic heterocycles. The second kappa shape index (κ2) is 6.12. The molecule has 0 spiro atoms. The molecule has 2 aromatic heterocycles. The molecule has 0 radical (unpaired) electrons. The summed E-state index contributed by atoms with van der Waals surface area (Å²) in [6.45, 7) is -0.261. The van der Waals surface area contributed by atoms with E-state index in [0.717, 1.165) is 16.7 Å². The van der Waals surface area contributed by atoms with Crippen LogP contribution < -0.4 is 5.56 Å². The predicted octanol–water partition coefficient (Wildman–Crippen LogP) is 3.62. The van der Waals surface area contributed by atoms with Crippen LogP contribution in [0.5, 0.6) is 0 Å². The van der Waals surface area contributed by atoms with E-state index in [1.165, 1.54) is 0 Å². The Morgan fingerprint density at radius 3 is 2.50 bits per heavy atom. The van der Waals surface area contributed by atoms with Crippen LogP contribution in [0.2, 0.25) is 5.02 Å². The highest BCUT2D eigenvalue weighted by Crippen LogP contribution is 2.28. The van der Waals surface area contributed by atoms with Gasteiger partial charge in [0.1, 0.15) is 6.54 Å². The maximum absolute atomic E-state index is 12.7. The van der Waals surface area contributed by atoms with E-state index in [4.69, 9.17) is 16.1 Å². The molecule has 0 saturated heterocycles. The molecule has 0 saturated carbocycles. The fourth-order valence-electron chi connectivity index (χ4n) is 2.00. The van der Waals surface area contributed by atoms with Crippen LogP contribution in [0, 0.1) is 0 Å². The lowest BCUT2D eigenvalue weighted by Gasteiger charge is -2.08. The lowest BCUT2D eigenvalue weighted by Crippen LogP contribution is -2.22. The maximum Gasteiger partial charge on any atom is 0.417 e. The minimum absolute atomic E-state index is 0.0152. The van der Waals surface area contributed by atoms with Gasteiger partial charge in [-0.1, -0.05) is 16.8 Å². The number of rotatable bonds is 3. The van der Waals surface area contributed by atoms with Crippen LogP contribution in [0.4, 0.5) is 13.2 Å². The average Bonchev–Trinajstić information content (AvgIpc) is 2.97. The molecule has 24 heavy (non-hydrogen) atoms. The molecule has 1 aromatic carbocycles. The van der Waals surface area contributed by atoms with Crippen LogP contribution in [-0.4, -0.2) is 14.7 Å². The first-order valence-electron chi connectivity index (χ1n) is 6.69. The Morgan fingerprint density at radius 1 is 1.12 bits per heavy atom. The van der Waals surface area contributed by atoms with Crippen molar-refractivity contribution in [2.75, 3.05) is 0 Å². The first kappa shape index (κ1) is 16.3. The van der Waals surface area contributed by atoms with E-state index in [1.54, 1.807) is 24.3 Å². The first-order chi connectivity index (χ1) is 11.3. The van der Waals surface area contributed by atoms with E-state index in [9.17, 15) is 18.0 Å². The number of benzene rings is 1. The van der Waals surface area contributed by atoms with E-state index < -0.39 is 17.3 Å². The van der Waals surface area contributed by atoms with Gasteiger partial charge in [0.05, 0.1) is 5.56 Å². The Hall–Kier alpha value is -2.61. The summed E-state index contributed by atoms with van der Waals surface area (Å²) in [6.07, 6.45) is -3.83. The minimum Gasteiger partial charge on any atom is -0.337 e. The van der Waals surface area contributed by atoms with Crippen molar-refractivity contribution in [2.45, 2.75) is 12.7 Å². The van der Waals surface area contributed by atoms with Crippen molar-refractivity contribution >= 4 is 11.6 Å². The monoisotopic (exact) mass is 355 g/mol. The lowest BCUT2D eigenvalue weighted by atomic mass is 10.2. The van der Waals surface area contributed by atoms with Crippen molar-refractivity contribution in [2.24, 2.45) is 0 Å². The highest BCUT2D eigenvalue weighted by atomic mass is 35.5. The van der Waals surface area contributed by atoms with Gasteiger partial charge in [0.15, 0.2) is 0 Å². The van der Waals surface area contributed by atoms with Gasteiger partial charge < -0.3 is 9.09 Å². The summed E-state index contributed by atoms with van der Waals surface area (Å²) in [5.74, 6) is 0.267. The molecule has 0 amide bonds. The van der Waals surface area contributed by atoms with Crippen LogP contribution in [-0.2, 0) is 12.7 Å². The highest BCUT2D eigenvalue weighted by molar-refractivity contribution is 6.30. The summed E-state index contributed by atoms with van der Waals surface area (Å²) in [5, 5.41) is 4.29. The molecule has 3 aromatic rings. The van der Waals surface area contributed by atoms with E-state index in [0.29, 0.717) is 16.8 Å². The van der Waals surface area contributed by atoms with Crippen molar-refractivity contribution in [3.8, 4) is 11.4 Å². The fraction of sp³-hybridized carbons (Fsp3) is 0.133. The number of aromatic nitrogens is 3. The molecule has 3 rings (SSSR count). The predicted molar refractivity (Wildman–Crippen MR) is 79.6 cm³/mol. The number of halogens is 4. The third kappa shape index (κ3) is 3.48. The number of hydrogen-bond donors (Lipinski definition) is 0. The van der Waals surface area contributed by atoms with Crippen molar-refractivity contribution in [1.29, 1.82) is 0 Å². The van der Waals surface area contributed by atoms with Crippen molar-refractivity contribution in [3.63, 3.8) is 0 Å². The van der Waals surface area contributed by atoms with E-state index in [-0.39, 0.29) is 18.3 Å². The molecule has 0 bridgehead atoms. The average molecular weight is 356 g/mol. The lowest BCUT2D eigenvalue weighted by molar-refractivity contribution is -0.138. The number of nitrogens with zero attached hydrogens (tertiary/aromatic N) is 3. The highest BCUT2D eigenvalue weighted by Gasteiger charge is 2.31. The minimum atomic E-state index is -4.54. The summed E-state index contributed by atoms with van der Waals surface area (Å²) in [7, 11) is 0. The number of alkyl halides is 3. The Labute approximate surface area is 138 Å². The standard InChI is InChI=1S/C15H9ClF3N3O2/c16-11-4-1-9(2-5-11)14-20-12(24-21-14)8-22-7-10(15(17,18)19)3-6-13(22)23/h1-7H,8H2. The molecule has 0 N–H and O–H groups in total. The van der Waals surface area contributed by atoms with Crippen LogP contribution in [0.25, 0.3) is 11.4 Å². The summed E-state index contributed by atoms with van der Waals surface area (Å²) in [6, 6.07) is 8.21. The Balaban J connectivity index is 1.87. The van der Waals surface area contributed by atoms with Gasteiger partial charge in [-0.05, 0) is 30.3 Å². The zero-order valence-electron chi connectivity index (χ0n) is 11.9. The van der Waals surface area contributed by atoms with E-state index in [1.807, 2.05) is 0 Å². The SMILES string of the molecule is O=c1ccc(C(F)(F)F)cn1Cc1nc(-c2ccc(Cl)cc2)no1. The van der Waals surface area contributed by atoms with Gasteiger partial charge in [0.2, 0.25) is 11.7 Å². The maximum atomic E-state index is 12.7. The summed E-state index contributed by atoms with van der Waals surface area (Å²) in [5.41, 5.74) is -0.903. The summed E-state index contributed by atoms with van der Waals surface area (Å²) >= 11 is 5.79. The normalized spacial score (nSPS) is 11.7.